The summed E-state index contributed by atoms with van der Waals surface area (Å²) in [5, 5.41) is 11.3. The number of hydrogen-bond donors (Lipinski definition) is 1. The quantitative estimate of drug-likeness (QED) is 0.613. The topological polar surface area (TPSA) is 81.8 Å². The Labute approximate surface area is 156 Å². The highest BCUT2D eigenvalue weighted by Gasteiger charge is 2.09. The highest BCUT2D eigenvalue weighted by atomic mass is 32.2. The third-order valence-electron chi connectivity index (χ3n) is 2.92. The predicted molar refractivity (Wildman–Crippen MR) is 102 cm³/mol. The molecule has 3 aromatic rings. The van der Waals surface area contributed by atoms with Crippen molar-refractivity contribution in [1.82, 2.24) is 15.2 Å². The van der Waals surface area contributed by atoms with Gasteiger partial charge in [-0.25, -0.2) is 4.98 Å². The Hall–Kier alpha value is -1.42. The molecule has 1 amide bonds. The van der Waals surface area contributed by atoms with Gasteiger partial charge in [-0.15, -0.1) is 21.5 Å². The van der Waals surface area contributed by atoms with Crippen LogP contribution < -0.4 is 5.73 Å². The molecule has 2 N–H and O–H groups in total. The monoisotopic (exact) mass is 394 g/mol. The predicted octanol–water partition coefficient (Wildman–Crippen LogP) is 3.84. The third kappa shape index (κ3) is 4.79. The highest BCUT2D eigenvalue weighted by Crippen LogP contribution is 2.32. The lowest BCUT2D eigenvalue weighted by Gasteiger charge is -1.97. The van der Waals surface area contributed by atoms with E-state index in [2.05, 4.69) is 51.8 Å². The Morgan fingerprint density at radius 3 is 2.58 bits per heavy atom. The van der Waals surface area contributed by atoms with Gasteiger partial charge in [0.05, 0.1) is 11.4 Å². The van der Waals surface area contributed by atoms with E-state index in [4.69, 9.17) is 5.73 Å². The van der Waals surface area contributed by atoms with Crippen LogP contribution in [0.3, 0.4) is 0 Å². The van der Waals surface area contributed by atoms with Crippen LogP contribution in [-0.4, -0.2) is 26.8 Å². The molecule has 0 atom stereocenters. The maximum atomic E-state index is 10.8. The van der Waals surface area contributed by atoms with E-state index in [9.17, 15) is 4.79 Å². The molecule has 0 bridgehead atoms. The fraction of sp³-hybridized carbons (Fsp3) is 0.200. The summed E-state index contributed by atoms with van der Waals surface area (Å²) < 4.78 is 1.63. The number of thiazole rings is 1. The molecule has 0 spiro atoms. The van der Waals surface area contributed by atoms with Crippen LogP contribution in [0.2, 0.25) is 0 Å². The van der Waals surface area contributed by atoms with Crippen molar-refractivity contribution < 1.29 is 4.79 Å². The van der Waals surface area contributed by atoms with Crippen molar-refractivity contribution in [1.29, 1.82) is 0 Å². The Balaban J connectivity index is 1.57. The first kappa shape index (κ1) is 17.4. The van der Waals surface area contributed by atoms with E-state index in [1.165, 1.54) is 28.7 Å². The summed E-state index contributed by atoms with van der Waals surface area (Å²) in [5.74, 6) is 0.624. The van der Waals surface area contributed by atoms with Crippen LogP contribution >= 0.6 is 46.2 Å². The number of nitrogens with zero attached hydrogens (tertiary/aromatic N) is 3. The fourth-order valence-electron chi connectivity index (χ4n) is 1.78. The zero-order chi connectivity index (χ0) is 16.9. The van der Waals surface area contributed by atoms with Gasteiger partial charge in [0.2, 0.25) is 5.91 Å². The van der Waals surface area contributed by atoms with Crippen molar-refractivity contribution in [3.05, 3.63) is 40.9 Å². The normalized spacial score (nSPS) is 10.9. The molecule has 1 aromatic carbocycles. The van der Waals surface area contributed by atoms with Gasteiger partial charge in [0.25, 0.3) is 0 Å². The zero-order valence-corrected chi connectivity index (χ0v) is 16.0. The zero-order valence-electron chi connectivity index (χ0n) is 12.8. The average Bonchev–Trinajstić information content (AvgIpc) is 3.21. The van der Waals surface area contributed by atoms with Crippen LogP contribution in [0.5, 0.6) is 0 Å². The van der Waals surface area contributed by atoms with Crippen LogP contribution in [0.25, 0.3) is 10.6 Å². The number of aromatic nitrogens is 3. The number of amides is 1. The number of aryl methyl sites for hydroxylation is 1. The SMILES string of the molecule is Cc1ccc(-c2nc(CSc3nnc(SCC(N)=O)s3)cs2)cc1. The Kier molecular flexibility index (Phi) is 5.88. The van der Waals surface area contributed by atoms with Crippen LogP contribution in [0.15, 0.2) is 38.3 Å². The first-order valence-electron chi connectivity index (χ1n) is 6.99. The standard InChI is InChI=1S/C15H14N4OS4/c1-9-2-4-10(5-3-9)13-17-11(6-21-13)7-22-14-18-19-15(24-14)23-8-12(16)20/h2-6H,7-8H2,1H3,(H2,16,20). The summed E-state index contributed by atoms with van der Waals surface area (Å²) in [7, 11) is 0. The molecule has 0 saturated heterocycles. The molecule has 2 heterocycles. The fourth-order valence-corrected chi connectivity index (χ4v) is 5.37. The second kappa shape index (κ2) is 8.11. The molecule has 0 unspecified atom stereocenters. The van der Waals surface area contributed by atoms with Gasteiger partial charge in [0, 0.05) is 16.7 Å². The molecule has 24 heavy (non-hydrogen) atoms. The molecule has 124 valence electrons. The average molecular weight is 395 g/mol. The number of rotatable bonds is 7. The number of benzene rings is 1. The summed E-state index contributed by atoms with van der Waals surface area (Å²) in [5.41, 5.74) is 8.54. The summed E-state index contributed by atoms with van der Waals surface area (Å²) in [6, 6.07) is 8.38. The van der Waals surface area contributed by atoms with Crippen molar-refractivity contribution in [2.24, 2.45) is 5.73 Å². The number of thioether (sulfide) groups is 2. The van der Waals surface area contributed by atoms with Crippen LogP contribution in [0.1, 0.15) is 11.3 Å². The molecule has 2 aromatic heterocycles. The largest absolute Gasteiger partial charge is 0.369 e. The van der Waals surface area contributed by atoms with Gasteiger partial charge >= 0.3 is 0 Å². The van der Waals surface area contributed by atoms with Gasteiger partial charge < -0.3 is 5.73 Å². The maximum absolute atomic E-state index is 10.8. The van der Waals surface area contributed by atoms with E-state index in [0.717, 1.165) is 30.7 Å². The first-order chi connectivity index (χ1) is 11.6. The van der Waals surface area contributed by atoms with Gasteiger partial charge in [-0.1, -0.05) is 64.7 Å². The van der Waals surface area contributed by atoms with E-state index in [0.29, 0.717) is 0 Å². The van der Waals surface area contributed by atoms with Gasteiger partial charge in [-0.05, 0) is 6.92 Å². The number of carbonyl (C=O) groups is 1. The molecule has 0 aliphatic carbocycles. The minimum Gasteiger partial charge on any atom is -0.369 e. The molecular formula is C15H14N4OS4. The maximum Gasteiger partial charge on any atom is 0.227 e. The van der Waals surface area contributed by atoms with Crippen molar-refractivity contribution in [3.8, 4) is 10.6 Å². The molecule has 0 aliphatic heterocycles. The van der Waals surface area contributed by atoms with Gasteiger partial charge in [0.15, 0.2) is 8.68 Å². The lowest BCUT2D eigenvalue weighted by atomic mass is 10.2. The van der Waals surface area contributed by atoms with Gasteiger partial charge in [0.1, 0.15) is 5.01 Å². The second-order valence-electron chi connectivity index (χ2n) is 4.89. The molecule has 3 rings (SSSR count). The lowest BCUT2D eigenvalue weighted by Crippen LogP contribution is -2.12. The van der Waals surface area contributed by atoms with Crippen LogP contribution in [0.4, 0.5) is 0 Å². The Morgan fingerprint density at radius 1 is 1.17 bits per heavy atom. The van der Waals surface area contributed by atoms with Gasteiger partial charge in [-0.3, -0.25) is 4.79 Å². The minimum atomic E-state index is -0.351. The Bertz CT molecular complexity index is 828. The van der Waals surface area contributed by atoms with E-state index < -0.39 is 0 Å². The van der Waals surface area contributed by atoms with Crippen molar-refractivity contribution in [2.45, 2.75) is 21.4 Å². The highest BCUT2D eigenvalue weighted by molar-refractivity contribution is 8.03. The Morgan fingerprint density at radius 2 is 1.88 bits per heavy atom. The third-order valence-corrected chi connectivity index (χ3v) is 7.11. The summed E-state index contributed by atoms with van der Waals surface area (Å²) in [6.07, 6.45) is 0. The summed E-state index contributed by atoms with van der Waals surface area (Å²) >= 11 is 6.03. The molecular weight excluding hydrogens is 380 g/mol. The molecule has 0 fully saturated rings. The van der Waals surface area contributed by atoms with Crippen LogP contribution in [-0.2, 0) is 10.5 Å². The van der Waals surface area contributed by atoms with Crippen molar-refractivity contribution >= 4 is 52.1 Å². The minimum absolute atomic E-state index is 0.227. The molecule has 0 radical (unpaired) electrons. The van der Waals surface area contributed by atoms with E-state index >= 15 is 0 Å². The number of carbonyl (C=O) groups excluding carboxylic acids is 1. The molecule has 0 aliphatic rings. The van der Waals surface area contributed by atoms with Crippen molar-refractivity contribution in [2.75, 3.05) is 5.75 Å². The molecule has 9 heteroatoms. The number of primary amides is 1. The van der Waals surface area contributed by atoms with E-state index in [1.54, 1.807) is 23.1 Å². The number of hydrogen-bond acceptors (Lipinski definition) is 8. The first-order valence-corrected chi connectivity index (χ1v) is 10.7. The summed E-state index contributed by atoms with van der Waals surface area (Å²) in [4.78, 5) is 15.5. The summed E-state index contributed by atoms with van der Waals surface area (Å²) in [6.45, 7) is 2.08. The number of nitrogens with two attached hydrogens (primary N) is 1. The van der Waals surface area contributed by atoms with Crippen molar-refractivity contribution in [3.63, 3.8) is 0 Å². The lowest BCUT2D eigenvalue weighted by molar-refractivity contribution is -0.115. The smallest absolute Gasteiger partial charge is 0.227 e. The molecule has 0 saturated carbocycles. The second-order valence-corrected chi connectivity index (χ2v) is 9.17. The van der Waals surface area contributed by atoms with Gasteiger partial charge in [-0.2, -0.15) is 0 Å². The molecule has 5 nitrogen and oxygen atoms in total. The van der Waals surface area contributed by atoms with Crippen LogP contribution in [0, 0.1) is 6.92 Å². The van der Waals surface area contributed by atoms with E-state index in [1.807, 2.05) is 0 Å². The van der Waals surface area contributed by atoms with E-state index in [-0.39, 0.29) is 11.7 Å².